The van der Waals surface area contributed by atoms with Crippen LogP contribution in [0.3, 0.4) is 0 Å². The lowest BCUT2D eigenvalue weighted by atomic mass is 10.1. The molecule has 1 amide bonds. The third-order valence-electron chi connectivity index (χ3n) is 2.73. The number of nitrogens with zero attached hydrogens (tertiary/aromatic N) is 1. The molecule has 0 aromatic heterocycles. The van der Waals surface area contributed by atoms with E-state index in [1.807, 2.05) is 18.2 Å². The Morgan fingerprint density at radius 1 is 1.32 bits per heavy atom. The van der Waals surface area contributed by atoms with Gasteiger partial charge in [-0.15, -0.1) is 0 Å². The van der Waals surface area contributed by atoms with E-state index < -0.39 is 0 Å². The molecular weight excluding hydrogens is 244 g/mol. The van der Waals surface area contributed by atoms with E-state index in [2.05, 4.69) is 0 Å². The number of hydrogen-bond acceptors (Lipinski definition) is 4. The lowest BCUT2D eigenvalue weighted by molar-refractivity contribution is -0.129. The summed E-state index contributed by atoms with van der Waals surface area (Å²) in [5.74, 6) is 1.36. The average Bonchev–Trinajstić information content (AvgIpc) is 2.39. The van der Waals surface area contributed by atoms with Crippen LogP contribution in [-0.2, 0) is 11.2 Å². The van der Waals surface area contributed by atoms with E-state index in [1.165, 1.54) is 0 Å². The monoisotopic (exact) mass is 266 g/mol. The van der Waals surface area contributed by atoms with Crippen molar-refractivity contribution in [2.45, 2.75) is 12.8 Å². The third-order valence-corrected chi connectivity index (χ3v) is 2.73. The number of nitrogens with two attached hydrogens (primary N) is 1. The van der Waals surface area contributed by atoms with Crippen molar-refractivity contribution >= 4 is 5.91 Å². The Bertz CT molecular complexity index is 419. The second-order valence-corrected chi connectivity index (χ2v) is 4.41. The fourth-order valence-corrected chi connectivity index (χ4v) is 1.63. The molecule has 2 N–H and O–H groups in total. The Morgan fingerprint density at radius 3 is 2.63 bits per heavy atom. The molecule has 0 aliphatic carbocycles. The van der Waals surface area contributed by atoms with Crippen molar-refractivity contribution in [1.29, 1.82) is 0 Å². The van der Waals surface area contributed by atoms with Crippen LogP contribution in [0.2, 0.25) is 0 Å². The van der Waals surface area contributed by atoms with E-state index in [9.17, 15) is 4.79 Å². The number of ether oxygens (including phenoxy) is 2. The van der Waals surface area contributed by atoms with Crippen LogP contribution in [0.5, 0.6) is 11.5 Å². The summed E-state index contributed by atoms with van der Waals surface area (Å²) in [6.45, 7) is 0.921. The first kappa shape index (κ1) is 15.3. The largest absolute Gasteiger partial charge is 0.493 e. The van der Waals surface area contributed by atoms with Gasteiger partial charge in [-0.05, 0) is 30.7 Å². The van der Waals surface area contributed by atoms with Crippen LogP contribution in [0.15, 0.2) is 18.2 Å². The predicted molar refractivity (Wildman–Crippen MR) is 74.6 cm³/mol. The minimum atomic E-state index is 0.0390. The summed E-state index contributed by atoms with van der Waals surface area (Å²) < 4.78 is 10.9. The fourth-order valence-electron chi connectivity index (χ4n) is 1.63. The van der Waals surface area contributed by atoms with Crippen LogP contribution in [0, 0.1) is 0 Å². The van der Waals surface area contributed by atoms with Gasteiger partial charge < -0.3 is 20.1 Å². The Balaban J connectivity index is 2.64. The molecular formula is C14H22N2O3. The Hall–Kier alpha value is -1.75. The fraction of sp³-hybridized carbons (Fsp3) is 0.500. The Labute approximate surface area is 114 Å². The maximum absolute atomic E-state index is 11.5. The summed E-state index contributed by atoms with van der Waals surface area (Å²) in [7, 11) is 5.05. The van der Waals surface area contributed by atoms with Crippen molar-refractivity contribution in [1.82, 2.24) is 4.90 Å². The molecule has 5 nitrogen and oxygen atoms in total. The van der Waals surface area contributed by atoms with Crippen LogP contribution in [0.1, 0.15) is 12.0 Å². The molecule has 0 atom stereocenters. The lowest BCUT2D eigenvalue weighted by Crippen LogP contribution is -2.23. The molecule has 0 bridgehead atoms. The van der Waals surface area contributed by atoms with E-state index >= 15 is 0 Å². The molecule has 0 radical (unpaired) electrons. The zero-order chi connectivity index (χ0) is 14.3. The molecule has 1 rings (SSSR count). The molecule has 0 heterocycles. The van der Waals surface area contributed by atoms with Crippen LogP contribution in [0.25, 0.3) is 0 Å². The molecule has 0 aliphatic rings. The number of carbonyl (C=O) groups is 1. The highest BCUT2D eigenvalue weighted by atomic mass is 16.5. The third kappa shape index (κ3) is 4.79. The van der Waals surface area contributed by atoms with Gasteiger partial charge in [0.05, 0.1) is 20.1 Å². The van der Waals surface area contributed by atoms with E-state index in [4.69, 9.17) is 15.2 Å². The van der Waals surface area contributed by atoms with E-state index in [-0.39, 0.29) is 5.91 Å². The molecule has 1 aromatic rings. The first-order valence-corrected chi connectivity index (χ1v) is 6.28. The van der Waals surface area contributed by atoms with Gasteiger partial charge in [-0.3, -0.25) is 4.79 Å². The number of amides is 1. The Kier molecular flexibility index (Phi) is 6.15. The maximum atomic E-state index is 11.5. The molecule has 0 fully saturated rings. The number of benzene rings is 1. The molecule has 1 aromatic carbocycles. The molecule has 106 valence electrons. The molecule has 0 aliphatic heterocycles. The van der Waals surface area contributed by atoms with Gasteiger partial charge in [-0.1, -0.05) is 6.07 Å². The molecule has 0 spiro atoms. The second kappa shape index (κ2) is 7.63. The summed E-state index contributed by atoms with van der Waals surface area (Å²) in [6.07, 6.45) is 1.13. The topological polar surface area (TPSA) is 64.8 Å². The SMILES string of the molecule is COc1ccc(CCN)cc1OCCC(=O)N(C)C. The smallest absolute Gasteiger partial charge is 0.225 e. The highest BCUT2D eigenvalue weighted by Gasteiger charge is 2.08. The lowest BCUT2D eigenvalue weighted by Gasteiger charge is -2.13. The highest BCUT2D eigenvalue weighted by Crippen LogP contribution is 2.28. The standard InChI is InChI=1S/C14H22N2O3/c1-16(2)14(17)7-9-19-13-10-11(6-8-15)4-5-12(13)18-3/h4-5,10H,6-9,15H2,1-3H3. The van der Waals surface area contributed by atoms with Gasteiger partial charge in [0.25, 0.3) is 0 Å². The van der Waals surface area contributed by atoms with Gasteiger partial charge in [0.2, 0.25) is 5.91 Å². The van der Waals surface area contributed by atoms with Gasteiger partial charge in [0, 0.05) is 14.1 Å². The second-order valence-electron chi connectivity index (χ2n) is 4.41. The number of methoxy groups -OCH3 is 1. The van der Waals surface area contributed by atoms with Gasteiger partial charge in [0.15, 0.2) is 11.5 Å². The van der Waals surface area contributed by atoms with Gasteiger partial charge >= 0.3 is 0 Å². The van der Waals surface area contributed by atoms with Gasteiger partial charge in [0.1, 0.15) is 0 Å². The van der Waals surface area contributed by atoms with Gasteiger partial charge in [-0.25, -0.2) is 0 Å². The van der Waals surface area contributed by atoms with E-state index in [1.54, 1.807) is 26.1 Å². The average molecular weight is 266 g/mol. The van der Waals surface area contributed by atoms with E-state index in [0.717, 1.165) is 12.0 Å². The molecule has 0 saturated heterocycles. The van der Waals surface area contributed by atoms with Crippen LogP contribution < -0.4 is 15.2 Å². The normalized spacial score (nSPS) is 10.1. The van der Waals surface area contributed by atoms with Crippen molar-refractivity contribution in [2.24, 2.45) is 5.73 Å². The summed E-state index contributed by atoms with van der Waals surface area (Å²) in [4.78, 5) is 13.0. The zero-order valence-electron chi connectivity index (χ0n) is 11.8. The van der Waals surface area contributed by atoms with Crippen molar-refractivity contribution in [2.75, 3.05) is 34.4 Å². The van der Waals surface area contributed by atoms with Crippen molar-refractivity contribution in [3.05, 3.63) is 23.8 Å². The molecule has 19 heavy (non-hydrogen) atoms. The predicted octanol–water partition coefficient (Wildman–Crippen LogP) is 1.05. The first-order valence-electron chi connectivity index (χ1n) is 6.28. The number of hydrogen-bond donors (Lipinski definition) is 1. The Morgan fingerprint density at radius 2 is 2.05 bits per heavy atom. The minimum Gasteiger partial charge on any atom is -0.493 e. The summed E-state index contributed by atoms with van der Waals surface area (Å²) >= 11 is 0. The maximum Gasteiger partial charge on any atom is 0.225 e. The molecule has 0 saturated carbocycles. The zero-order valence-corrected chi connectivity index (χ0v) is 11.8. The first-order chi connectivity index (χ1) is 9.08. The number of rotatable bonds is 7. The quantitative estimate of drug-likeness (QED) is 0.801. The van der Waals surface area contributed by atoms with Gasteiger partial charge in [-0.2, -0.15) is 0 Å². The number of carbonyl (C=O) groups excluding carboxylic acids is 1. The van der Waals surface area contributed by atoms with E-state index in [0.29, 0.717) is 31.1 Å². The van der Waals surface area contributed by atoms with Crippen LogP contribution >= 0.6 is 0 Å². The van der Waals surface area contributed by atoms with Crippen molar-refractivity contribution in [3.63, 3.8) is 0 Å². The minimum absolute atomic E-state index is 0.0390. The molecule has 5 heteroatoms. The summed E-state index contributed by atoms with van der Waals surface area (Å²) in [5, 5.41) is 0. The van der Waals surface area contributed by atoms with Crippen molar-refractivity contribution in [3.8, 4) is 11.5 Å². The van der Waals surface area contributed by atoms with Crippen LogP contribution in [0.4, 0.5) is 0 Å². The summed E-state index contributed by atoms with van der Waals surface area (Å²) in [5.41, 5.74) is 6.63. The van der Waals surface area contributed by atoms with Crippen LogP contribution in [-0.4, -0.2) is 45.2 Å². The molecule has 0 unspecified atom stereocenters. The highest BCUT2D eigenvalue weighted by molar-refractivity contribution is 5.75. The summed E-state index contributed by atoms with van der Waals surface area (Å²) in [6, 6.07) is 5.73. The van der Waals surface area contributed by atoms with Crippen molar-refractivity contribution < 1.29 is 14.3 Å².